The van der Waals surface area contributed by atoms with Gasteiger partial charge in [0.2, 0.25) is 0 Å². The molecule has 1 aliphatic heterocycles. The van der Waals surface area contributed by atoms with Crippen LogP contribution in [0, 0.1) is 12.8 Å². The van der Waals surface area contributed by atoms with Gasteiger partial charge in [-0.2, -0.15) is 0 Å². The van der Waals surface area contributed by atoms with Crippen LogP contribution in [0.25, 0.3) is 0 Å². The van der Waals surface area contributed by atoms with E-state index in [1.165, 1.54) is 0 Å². The quantitative estimate of drug-likeness (QED) is 0.863. The molecule has 2 aromatic carbocycles. The highest BCUT2D eigenvalue weighted by Gasteiger charge is 2.24. The zero-order chi connectivity index (χ0) is 18.4. The molecule has 5 heteroatoms. The van der Waals surface area contributed by atoms with Crippen molar-refractivity contribution in [2.45, 2.75) is 19.8 Å². The van der Waals surface area contributed by atoms with Gasteiger partial charge >= 0.3 is 0 Å². The summed E-state index contributed by atoms with van der Waals surface area (Å²) in [6.07, 6.45) is 2.01. The summed E-state index contributed by atoms with van der Waals surface area (Å²) in [5, 5.41) is 9.71. The molecule has 0 saturated carbocycles. The van der Waals surface area contributed by atoms with Crippen molar-refractivity contribution in [2.75, 3.05) is 26.3 Å². The second-order valence-corrected chi connectivity index (χ2v) is 6.68. The molecule has 0 aromatic heterocycles. The number of ether oxygens (including phenoxy) is 2. The predicted octanol–water partition coefficient (Wildman–Crippen LogP) is 3.40. The predicted molar refractivity (Wildman–Crippen MR) is 99.6 cm³/mol. The SMILES string of the molecule is Cc1ccccc1OCC1CCCN(C(=O)COc2ccccc2O)C1. The second kappa shape index (κ2) is 8.61. The smallest absolute Gasteiger partial charge is 0.260 e. The monoisotopic (exact) mass is 355 g/mol. The number of carbonyl (C=O) groups is 1. The van der Waals surface area contributed by atoms with Gasteiger partial charge in [-0.1, -0.05) is 30.3 Å². The number of hydrogen-bond donors (Lipinski definition) is 1. The zero-order valence-electron chi connectivity index (χ0n) is 15.1. The van der Waals surface area contributed by atoms with Crippen LogP contribution in [0.15, 0.2) is 48.5 Å². The van der Waals surface area contributed by atoms with Crippen molar-refractivity contribution in [3.63, 3.8) is 0 Å². The lowest BCUT2D eigenvalue weighted by molar-refractivity contribution is -0.135. The Labute approximate surface area is 154 Å². The molecule has 1 N–H and O–H groups in total. The molecule has 1 amide bonds. The molecule has 0 radical (unpaired) electrons. The normalized spacial score (nSPS) is 17.0. The van der Waals surface area contributed by atoms with Crippen LogP contribution in [0.3, 0.4) is 0 Å². The number of nitrogens with zero attached hydrogens (tertiary/aromatic N) is 1. The van der Waals surface area contributed by atoms with Crippen LogP contribution in [-0.2, 0) is 4.79 Å². The van der Waals surface area contributed by atoms with Crippen LogP contribution in [0.5, 0.6) is 17.2 Å². The summed E-state index contributed by atoms with van der Waals surface area (Å²) < 4.78 is 11.4. The van der Waals surface area contributed by atoms with Gasteiger partial charge in [0, 0.05) is 19.0 Å². The first-order valence-electron chi connectivity index (χ1n) is 9.00. The van der Waals surface area contributed by atoms with Crippen LogP contribution in [0.1, 0.15) is 18.4 Å². The van der Waals surface area contributed by atoms with Crippen LogP contribution in [0.2, 0.25) is 0 Å². The Morgan fingerprint density at radius 3 is 2.62 bits per heavy atom. The van der Waals surface area contributed by atoms with E-state index in [4.69, 9.17) is 9.47 Å². The molecule has 0 aliphatic carbocycles. The number of hydrogen-bond acceptors (Lipinski definition) is 4. The van der Waals surface area contributed by atoms with Crippen molar-refractivity contribution >= 4 is 5.91 Å². The molecule has 26 heavy (non-hydrogen) atoms. The molecule has 0 bridgehead atoms. The zero-order valence-corrected chi connectivity index (χ0v) is 15.1. The number of benzene rings is 2. The van der Waals surface area contributed by atoms with E-state index in [-0.39, 0.29) is 18.3 Å². The molecule has 1 unspecified atom stereocenters. The number of aryl methyl sites for hydroxylation is 1. The highest BCUT2D eigenvalue weighted by atomic mass is 16.5. The lowest BCUT2D eigenvalue weighted by Gasteiger charge is -2.32. The molecular weight excluding hydrogens is 330 g/mol. The number of phenolic OH excluding ortho intramolecular Hbond substituents is 1. The molecule has 1 heterocycles. The summed E-state index contributed by atoms with van der Waals surface area (Å²) in [7, 11) is 0. The standard InChI is InChI=1S/C21H25NO4/c1-16-7-2-4-10-19(16)25-14-17-8-6-12-22(13-17)21(24)15-26-20-11-5-3-9-18(20)23/h2-5,7,9-11,17,23H,6,8,12-15H2,1H3. The maximum atomic E-state index is 12.4. The van der Waals surface area contributed by atoms with Crippen LogP contribution >= 0.6 is 0 Å². The van der Waals surface area contributed by atoms with Gasteiger partial charge in [-0.15, -0.1) is 0 Å². The Morgan fingerprint density at radius 1 is 1.12 bits per heavy atom. The minimum atomic E-state index is -0.0665. The van der Waals surface area contributed by atoms with Crippen molar-refractivity contribution in [1.82, 2.24) is 4.90 Å². The number of para-hydroxylation sites is 3. The molecule has 1 saturated heterocycles. The van der Waals surface area contributed by atoms with E-state index in [1.54, 1.807) is 24.3 Å². The molecule has 138 valence electrons. The van der Waals surface area contributed by atoms with Gasteiger partial charge in [0.1, 0.15) is 5.75 Å². The fourth-order valence-corrected chi connectivity index (χ4v) is 3.16. The van der Waals surface area contributed by atoms with Crippen LogP contribution < -0.4 is 9.47 Å². The molecule has 5 nitrogen and oxygen atoms in total. The first-order valence-corrected chi connectivity index (χ1v) is 9.00. The molecule has 1 fully saturated rings. The van der Waals surface area contributed by atoms with E-state index >= 15 is 0 Å². The summed E-state index contributed by atoms with van der Waals surface area (Å²) in [6.45, 7) is 3.99. The highest BCUT2D eigenvalue weighted by molar-refractivity contribution is 5.78. The average molecular weight is 355 g/mol. The van der Waals surface area contributed by atoms with E-state index in [1.807, 2.05) is 36.1 Å². The van der Waals surface area contributed by atoms with E-state index < -0.39 is 0 Å². The largest absolute Gasteiger partial charge is 0.504 e. The summed E-state index contributed by atoms with van der Waals surface area (Å²) in [6, 6.07) is 14.6. The van der Waals surface area contributed by atoms with Crippen molar-refractivity contribution in [3.05, 3.63) is 54.1 Å². The van der Waals surface area contributed by atoms with Gasteiger partial charge < -0.3 is 19.5 Å². The number of piperidine rings is 1. The maximum Gasteiger partial charge on any atom is 0.260 e. The molecular formula is C21H25NO4. The molecule has 3 rings (SSSR count). The Balaban J connectivity index is 1.49. The minimum absolute atomic E-state index is 0.0449. The topological polar surface area (TPSA) is 59.0 Å². The molecule has 1 aliphatic rings. The van der Waals surface area contributed by atoms with Gasteiger partial charge in [0.25, 0.3) is 5.91 Å². The third-order valence-electron chi connectivity index (χ3n) is 4.66. The van der Waals surface area contributed by atoms with Crippen molar-refractivity contribution < 1.29 is 19.4 Å². The lowest BCUT2D eigenvalue weighted by Crippen LogP contribution is -2.43. The number of rotatable bonds is 6. The number of amides is 1. The van der Waals surface area contributed by atoms with E-state index in [2.05, 4.69) is 0 Å². The molecule has 0 spiro atoms. The lowest BCUT2D eigenvalue weighted by atomic mass is 9.99. The minimum Gasteiger partial charge on any atom is -0.504 e. The summed E-state index contributed by atoms with van der Waals surface area (Å²) in [5.41, 5.74) is 1.12. The van der Waals surface area contributed by atoms with Gasteiger partial charge in [-0.25, -0.2) is 0 Å². The van der Waals surface area contributed by atoms with Gasteiger partial charge in [-0.3, -0.25) is 4.79 Å². The second-order valence-electron chi connectivity index (χ2n) is 6.68. The van der Waals surface area contributed by atoms with E-state index in [0.717, 1.165) is 30.7 Å². The summed E-state index contributed by atoms with van der Waals surface area (Å²) in [4.78, 5) is 14.3. The van der Waals surface area contributed by atoms with Crippen LogP contribution in [-0.4, -0.2) is 42.2 Å². The number of carbonyl (C=O) groups excluding carboxylic acids is 1. The molecule has 1 atom stereocenters. The maximum absolute atomic E-state index is 12.4. The fraction of sp³-hybridized carbons (Fsp3) is 0.381. The fourth-order valence-electron chi connectivity index (χ4n) is 3.16. The number of aromatic hydroxyl groups is 1. The Kier molecular flexibility index (Phi) is 6.00. The average Bonchev–Trinajstić information content (AvgIpc) is 2.67. The first kappa shape index (κ1) is 18.1. The third kappa shape index (κ3) is 4.69. The third-order valence-corrected chi connectivity index (χ3v) is 4.66. The van der Waals surface area contributed by atoms with Crippen molar-refractivity contribution in [2.24, 2.45) is 5.92 Å². The molecule has 2 aromatic rings. The van der Waals surface area contributed by atoms with Gasteiger partial charge in [-0.05, 0) is 43.5 Å². The Morgan fingerprint density at radius 2 is 1.85 bits per heavy atom. The van der Waals surface area contributed by atoms with Gasteiger partial charge in [0.15, 0.2) is 18.1 Å². The Hall–Kier alpha value is -2.69. The van der Waals surface area contributed by atoms with E-state index in [0.29, 0.717) is 24.8 Å². The Bertz CT molecular complexity index is 746. The highest BCUT2D eigenvalue weighted by Crippen LogP contribution is 2.25. The summed E-state index contributed by atoms with van der Waals surface area (Å²) in [5.74, 6) is 1.53. The first-order chi connectivity index (χ1) is 12.6. The van der Waals surface area contributed by atoms with Gasteiger partial charge in [0.05, 0.1) is 6.61 Å². The van der Waals surface area contributed by atoms with Crippen molar-refractivity contribution in [1.29, 1.82) is 0 Å². The number of phenols is 1. The van der Waals surface area contributed by atoms with Crippen molar-refractivity contribution in [3.8, 4) is 17.2 Å². The van der Waals surface area contributed by atoms with Crippen LogP contribution in [0.4, 0.5) is 0 Å². The van der Waals surface area contributed by atoms with E-state index in [9.17, 15) is 9.90 Å². The summed E-state index contributed by atoms with van der Waals surface area (Å²) >= 11 is 0. The number of likely N-dealkylation sites (tertiary alicyclic amines) is 1.